The highest BCUT2D eigenvalue weighted by atomic mass is 16.3. The molecule has 0 unspecified atom stereocenters. The molecule has 0 aliphatic carbocycles. The van der Waals surface area contributed by atoms with E-state index in [9.17, 15) is 0 Å². The van der Waals surface area contributed by atoms with E-state index in [1.807, 2.05) is 6.07 Å². The number of furan rings is 2. The van der Waals surface area contributed by atoms with Crippen LogP contribution in [-0.4, -0.2) is 0 Å². The number of fused-ring (bicyclic) bond motifs is 7. The summed E-state index contributed by atoms with van der Waals surface area (Å²) in [6, 6.07) is 22.2. The van der Waals surface area contributed by atoms with Crippen LogP contribution < -0.4 is 0 Å². The van der Waals surface area contributed by atoms with Gasteiger partial charge in [-0.1, -0.05) is 89.0 Å². The molecule has 6 rings (SSSR count). The van der Waals surface area contributed by atoms with Crippen molar-refractivity contribution in [1.29, 1.82) is 0 Å². The molecule has 2 heterocycles. The number of hydrogen-bond donors (Lipinski definition) is 0. The predicted octanol–water partition coefficient (Wildman–Crippen LogP) is 11.1. The van der Waals surface area contributed by atoms with Gasteiger partial charge in [0.1, 0.15) is 16.9 Å². The lowest BCUT2D eigenvalue weighted by Crippen LogP contribution is -1.84. The summed E-state index contributed by atoms with van der Waals surface area (Å²) < 4.78 is 11.9. The van der Waals surface area contributed by atoms with Crippen LogP contribution in [0.1, 0.15) is 76.9 Å². The Labute approximate surface area is 213 Å². The van der Waals surface area contributed by atoms with Crippen molar-refractivity contribution in [1.82, 2.24) is 0 Å². The zero-order valence-corrected chi connectivity index (χ0v) is 21.4. The molecule has 0 saturated carbocycles. The second-order valence-corrected chi connectivity index (χ2v) is 10.5. The van der Waals surface area contributed by atoms with Crippen LogP contribution in [0.3, 0.4) is 0 Å². The zero-order chi connectivity index (χ0) is 24.3. The van der Waals surface area contributed by atoms with Crippen LogP contribution in [0.15, 0.2) is 75.8 Å². The molecular formula is C34H36O2. The van der Waals surface area contributed by atoms with Crippen molar-refractivity contribution in [2.24, 2.45) is 0 Å². The van der Waals surface area contributed by atoms with Gasteiger partial charge in [0.15, 0.2) is 0 Å². The first kappa shape index (κ1) is 23.2. The summed E-state index contributed by atoms with van der Waals surface area (Å²) in [5.74, 6) is 1.12. The van der Waals surface area contributed by atoms with Crippen LogP contribution in [0.5, 0.6) is 0 Å². The Hall–Kier alpha value is -3.26. The van der Waals surface area contributed by atoms with Crippen molar-refractivity contribution in [2.45, 2.75) is 77.6 Å². The van der Waals surface area contributed by atoms with Crippen molar-refractivity contribution in [3.8, 4) is 0 Å². The first-order chi connectivity index (χ1) is 17.8. The molecule has 0 saturated heterocycles. The van der Waals surface area contributed by atoms with E-state index in [1.165, 1.54) is 102 Å². The fraction of sp³-hybridized carbons (Fsp3) is 0.353. The summed E-state index contributed by atoms with van der Waals surface area (Å²) in [4.78, 5) is 0. The van der Waals surface area contributed by atoms with Gasteiger partial charge in [-0.15, -0.1) is 0 Å². The zero-order valence-electron chi connectivity index (χ0n) is 21.4. The monoisotopic (exact) mass is 476 g/mol. The summed E-state index contributed by atoms with van der Waals surface area (Å²) in [6.07, 6.45) is 16.4. The Balaban J connectivity index is 1.17. The van der Waals surface area contributed by atoms with Gasteiger partial charge < -0.3 is 8.83 Å². The van der Waals surface area contributed by atoms with Gasteiger partial charge in [-0.3, -0.25) is 0 Å². The minimum Gasteiger partial charge on any atom is -0.464 e. The summed E-state index contributed by atoms with van der Waals surface area (Å²) in [7, 11) is 0. The van der Waals surface area contributed by atoms with Gasteiger partial charge in [-0.2, -0.15) is 0 Å². The van der Waals surface area contributed by atoms with Crippen molar-refractivity contribution in [3.63, 3.8) is 0 Å². The van der Waals surface area contributed by atoms with Crippen LogP contribution >= 0.6 is 0 Å². The fourth-order valence-corrected chi connectivity index (χ4v) is 5.83. The van der Waals surface area contributed by atoms with E-state index in [-0.39, 0.29) is 0 Å². The Morgan fingerprint density at radius 1 is 0.500 bits per heavy atom. The first-order valence-electron chi connectivity index (χ1n) is 14.0. The third-order valence-corrected chi connectivity index (χ3v) is 7.87. The molecule has 184 valence electrons. The quantitative estimate of drug-likeness (QED) is 0.137. The van der Waals surface area contributed by atoms with Crippen LogP contribution in [0.4, 0.5) is 0 Å². The number of hydrogen-bond acceptors (Lipinski definition) is 2. The third kappa shape index (κ3) is 4.62. The topological polar surface area (TPSA) is 26.3 Å². The highest BCUT2D eigenvalue weighted by Gasteiger charge is 2.11. The number of benzene rings is 4. The van der Waals surface area contributed by atoms with Crippen molar-refractivity contribution in [2.75, 3.05) is 0 Å². The summed E-state index contributed by atoms with van der Waals surface area (Å²) in [5, 5.41) is 9.96. The maximum Gasteiger partial charge on any atom is 0.134 e. The molecule has 0 bridgehead atoms. The van der Waals surface area contributed by atoms with Crippen LogP contribution in [0.25, 0.3) is 54.3 Å². The highest BCUT2D eigenvalue weighted by molar-refractivity contribution is 6.20. The van der Waals surface area contributed by atoms with Crippen molar-refractivity contribution >= 4 is 54.3 Å². The average Bonchev–Trinajstić information content (AvgIpc) is 3.52. The minimum absolute atomic E-state index is 0.942. The van der Waals surface area contributed by atoms with Gasteiger partial charge in [0, 0.05) is 17.2 Å². The van der Waals surface area contributed by atoms with Gasteiger partial charge in [-0.25, -0.2) is 0 Å². The molecule has 2 aromatic heterocycles. The largest absolute Gasteiger partial charge is 0.464 e. The number of aryl methyl sites for hydroxylation is 1. The summed E-state index contributed by atoms with van der Waals surface area (Å²) in [5.41, 5.74) is 1.95. The van der Waals surface area contributed by atoms with E-state index in [4.69, 9.17) is 8.83 Å². The molecule has 6 aromatic rings. The van der Waals surface area contributed by atoms with Crippen molar-refractivity contribution in [3.05, 3.63) is 72.7 Å². The molecule has 2 heteroatoms. The van der Waals surface area contributed by atoms with E-state index in [2.05, 4.69) is 61.5 Å². The Morgan fingerprint density at radius 3 is 1.81 bits per heavy atom. The van der Waals surface area contributed by atoms with Gasteiger partial charge in [-0.05, 0) is 75.1 Å². The standard InChI is InChI=1S/C34H36O2/c1-2-3-4-5-6-7-8-9-10-11-12-28-19-27-21-32-25(23-34(27)36-28)14-16-29-30(32)15-13-24-22-33-26(17-18-35-33)20-31(24)29/h13-23H,2-12H2,1H3. The number of rotatable bonds is 11. The first-order valence-corrected chi connectivity index (χ1v) is 14.0. The molecule has 36 heavy (non-hydrogen) atoms. The van der Waals surface area contributed by atoms with E-state index in [0.29, 0.717) is 0 Å². The second-order valence-electron chi connectivity index (χ2n) is 10.5. The Kier molecular flexibility index (Phi) is 6.68. The lowest BCUT2D eigenvalue weighted by atomic mass is 9.96. The van der Waals surface area contributed by atoms with Crippen LogP contribution in [0.2, 0.25) is 0 Å². The molecule has 2 nitrogen and oxygen atoms in total. The molecule has 0 atom stereocenters. The van der Waals surface area contributed by atoms with Crippen LogP contribution in [-0.2, 0) is 6.42 Å². The van der Waals surface area contributed by atoms with E-state index in [1.54, 1.807) is 6.26 Å². The normalized spacial score (nSPS) is 12.1. The maximum absolute atomic E-state index is 6.27. The smallest absolute Gasteiger partial charge is 0.134 e. The molecular weight excluding hydrogens is 440 g/mol. The molecule has 0 fully saturated rings. The van der Waals surface area contributed by atoms with Gasteiger partial charge >= 0.3 is 0 Å². The average molecular weight is 477 g/mol. The van der Waals surface area contributed by atoms with Gasteiger partial charge in [0.25, 0.3) is 0 Å². The highest BCUT2D eigenvalue weighted by Crippen LogP contribution is 2.36. The molecule has 0 N–H and O–H groups in total. The van der Waals surface area contributed by atoms with E-state index < -0.39 is 0 Å². The van der Waals surface area contributed by atoms with Gasteiger partial charge in [0.05, 0.1) is 6.26 Å². The molecule has 0 aliphatic rings. The van der Waals surface area contributed by atoms with E-state index in [0.717, 1.165) is 28.7 Å². The lowest BCUT2D eigenvalue weighted by Gasteiger charge is -2.08. The molecule has 0 aliphatic heterocycles. The summed E-state index contributed by atoms with van der Waals surface area (Å²) in [6.45, 7) is 2.28. The maximum atomic E-state index is 6.27. The molecule has 0 spiro atoms. The fourth-order valence-electron chi connectivity index (χ4n) is 5.83. The molecule has 0 radical (unpaired) electrons. The Morgan fingerprint density at radius 2 is 1.11 bits per heavy atom. The number of unbranched alkanes of at least 4 members (excludes halogenated alkanes) is 9. The van der Waals surface area contributed by atoms with Crippen molar-refractivity contribution < 1.29 is 8.83 Å². The minimum atomic E-state index is 0.942. The third-order valence-electron chi connectivity index (χ3n) is 7.87. The summed E-state index contributed by atoms with van der Waals surface area (Å²) >= 11 is 0. The second kappa shape index (κ2) is 10.4. The molecule has 0 amide bonds. The predicted molar refractivity (Wildman–Crippen MR) is 154 cm³/mol. The van der Waals surface area contributed by atoms with Gasteiger partial charge in [0.2, 0.25) is 0 Å². The van der Waals surface area contributed by atoms with E-state index >= 15 is 0 Å². The SMILES string of the molecule is CCCCCCCCCCCCc1cc2cc3c(ccc4c5cc6ccoc6cc5ccc34)cc2o1. The van der Waals surface area contributed by atoms with Crippen LogP contribution in [0, 0.1) is 0 Å². The Bertz CT molecular complexity index is 1630. The lowest BCUT2D eigenvalue weighted by molar-refractivity contribution is 0.516. The molecule has 4 aromatic carbocycles.